The molecule has 3 rings (SSSR count). The van der Waals surface area contributed by atoms with E-state index < -0.39 is 6.09 Å². The largest absolute Gasteiger partial charge is 0.453 e. The van der Waals surface area contributed by atoms with E-state index in [0.717, 1.165) is 37.1 Å². The fourth-order valence-electron chi connectivity index (χ4n) is 3.15. The minimum absolute atomic E-state index is 0.0480. The highest BCUT2D eigenvalue weighted by atomic mass is 16.5. The van der Waals surface area contributed by atoms with Crippen molar-refractivity contribution >= 4 is 23.4 Å². The van der Waals surface area contributed by atoms with Crippen LogP contribution in [0.3, 0.4) is 0 Å². The Balaban J connectivity index is 1.95. The molecule has 0 fully saturated rings. The molecule has 0 aliphatic carbocycles. The lowest BCUT2D eigenvalue weighted by Gasteiger charge is -2.14. The van der Waals surface area contributed by atoms with Crippen LogP contribution in [0, 0.1) is 0 Å². The van der Waals surface area contributed by atoms with Gasteiger partial charge in [-0.05, 0) is 31.0 Å². The number of aromatic nitrogens is 2. The molecule has 5 N–H and O–H groups in total. The fourth-order valence-corrected chi connectivity index (χ4v) is 3.15. The maximum absolute atomic E-state index is 12.4. The number of carbonyl (C=O) groups excluding carboxylic acids is 2. The third-order valence-electron chi connectivity index (χ3n) is 4.57. The summed E-state index contributed by atoms with van der Waals surface area (Å²) in [5, 5.41) is 5.55. The minimum Gasteiger partial charge on any atom is -0.453 e. The van der Waals surface area contributed by atoms with Crippen molar-refractivity contribution in [3.63, 3.8) is 0 Å². The summed E-state index contributed by atoms with van der Waals surface area (Å²) in [6.45, 7) is 0. The molecule has 1 aromatic carbocycles. The number of ether oxygens (including phenoxy) is 1. The zero-order valence-corrected chi connectivity index (χ0v) is 15.4. The van der Waals surface area contributed by atoms with E-state index >= 15 is 0 Å². The van der Waals surface area contributed by atoms with E-state index in [9.17, 15) is 9.59 Å². The van der Waals surface area contributed by atoms with Crippen molar-refractivity contribution in [3.05, 3.63) is 30.2 Å². The topological polar surface area (TPSA) is 122 Å². The van der Waals surface area contributed by atoms with Gasteiger partial charge in [-0.15, -0.1) is 0 Å². The molecule has 144 valence electrons. The second kappa shape index (κ2) is 8.68. The lowest BCUT2D eigenvalue weighted by molar-refractivity contribution is -0.116. The number of carbonyl (C=O) groups is 2. The third kappa shape index (κ3) is 5.07. The van der Waals surface area contributed by atoms with Crippen LogP contribution in [0.4, 0.5) is 16.2 Å². The summed E-state index contributed by atoms with van der Waals surface area (Å²) < 4.78 is 4.62. The van der Waals surface area contributed by atoms with Crippen LogP contribution in [0.25, 0.3) is 11.3 Å². The van der Waals surface area contributed by atoms with Gasteiger partial charge in [0.25, 0.3) is 0 Å². The van der Waals surface area contributed by atoms with Crippen molar-refractivity contribution in [3.8, 4) is 11.3 Å². The summed E-state index contributed by atoms with van der Waals surface area (Å²) in [6, 6.07) is 5.31. The minimum atomic E-state index is -0.571. The number of hydrogen-bond acceptors (Lipinski definition) is 5. The summed E-state index contributed by atoms with van der Waals surface area (Å²) in [5.41, 5.74) is 8.80. The first kappa shape index (κ1) is 18.9. The first-order valence-electron chi connectivity index (χ1n) is 9.14. The van der Waals surface area contributed by atoms with Crippen molar-refractivity contribution in [2.45, 2.75) is 44.6 Å². The number of imidazole rings is 1. The Morgan fingerprint density at radius 2 is 2.19 bits per heavy atom. The van der Waals surface area contributed by atoms with Gasteiger partial charge in [-0.1, -0.05) is 12.8 Å². The number of rotatable bonds is 1. The fraction of sp³-hybridized carbons (Fsp3) is 0.421. The van der Waals surface area contributed by atoms with Gasteiger partial charge in [0.05, 0.1) is 18.5 Å². The molecule has 8 nitrogen and oxygen atoms in total. The number of nitrogens with zero attached hydrogens (tertiary/aromatic N) is 1. The van der Waals surface area contributed by atoms with Crippen LogP contribution < -0.4 is 16.4 Å². The van der Waals surface area contributed by atoms with Gasteiger partial charge in [-0.25, -0.2) is 9.78 Å². The number of anilines is 2. The molecule has 2 bridgehead atoms. The van der Waals surface area contributed by atoms with Gasteiger partial charge in [0, 0.05) is 36.3 Å². The third-order valence-corrected chi connectivity index (χ3v) is 4.57. The lowest BCUT2D eigenvalue weighted by atomic mass is 10.0. The number of H-pyrrole nitrogens is 1. The summed E-state index contributed by atoms with van der Waals surface area (Å²) in [6.07, 6.45) is 6.04. The average Bonchev–Trinajstić information content (AvgIpc) is 3.09. The Labute approximate surface area is 157 Å². The zero-order chi connectivity index (χ0) is 19.2. The van der Waals surface area contributed by atoms with E-state index in [2.05, 4.69) is 25.3 Å². The lowest BCUT2D eigenvalue weighted by Crippen LogP contribution is -2.23. The number of benzene rings is 1. The number of amides is 2. The van der Waals surface area contributed by atoms with Crippen molar-refractivity contribution in [2.24, 2.45) is 5.73 Å². The monoisotopic (exact) mass is 371 g/mol. The molecular formula is C19H25N5O3. The molecule has 2 heterocycles. The normalized spacial score (nSPS) is 18.0. The van der Waals surface area contributed by atoms with Crippen molar-refractivity contribution < 1.29 is 14.3 Å². The van der Waals surface area contributed by atoms with Crippen LogP contribution in [0.1, 0.15) is 37.9 Å². The number of hydrogen-bond donors (Lipinski definition) is 4. The van der Waals surface area contributed by atoms with E-state index in [4.69, 9.17) is 5.73 Å². The van der Waals surface area contributed by atoms with Gasteiger partial charge in [0.1, 0.15) is 5.82 Å². The van der Waals surface area contributed by atoms with E-state index in [0.29, 0.717) is 29.9 Å². The van der Waals surface area contributed by atoms with Gasteiger partial charge >= 0.3 is 6.09 Å². The summed E-state index contributed by atoms with van der Waals surface area (Å²) in [7, 11) is 1.30. The van der Waals surface area contributed by atoms with Crippen LogP contribution in [0.15, 0.2) is 24.4 Å². The zero-order valence-electron chi connectivity index (χ0n) is 15.4. The predicted molar refractivity (Wildman–Crippen MR) is 103 cm³/mol. The highest BCUT2D eigenvalue weighted by Gasteiger charge is 2.15. The van der Waals surface area contributed by atoms with Crippen LogP contribution >= 0.6 is 0 Å². The molecule has 1 unspecified atom stereocenters. The highest BCUT2D eigenvalue weighted by Crippen LogP contribution is 2.30. The molecule has 1 aliphatic heterocycles. The molecule has 0 saturated carbocycles. The molecule has 0 spiro atoms. The van der Waals surface area contributed by atoms with E-state index in [1.807, 2.05) is 6.07 Å². The van der Waals surface area contributed by atoms with Crippen LogP contribution in [0.5, 0.6) is 0 Å². The standard InChI is InChI=1S/C19H25N5O3/c1-27-19(26)22-13-7-8-14-15(10-13)24-18(25)6-4-2-3-5-12(20)9-17-21-11-16(14)23-17/h7-8,10-12H,2-6,9,20H2,1H3,(H,21,23)(H,22,26)(H,24,25). The smallest absolute Gasteiger partial charge is 0.411 e. The van der Waals surface area contributed by atoms with Crippen molar-refractivity contribution in [1.82, 2.24) is 9.97 Å². The molecule has 0 radical (unpaired) electrons. The molecule has 2 amide bonds. The maximum Gasteiger partial charge on any atom is 0.411 e. The van der Waals surface area contributed by atoms with Gasteiger partial charge in [-0.3, -0.25) is 10.1 Å². The summed E-state index contributed by atoms with van der Waals surface area (Å²) >= 11 is 0. The van der Waals surface area contributed by atoms with Crippen molar-refractivity contribution in [2.75, 3.05) is 17.7 Å². The molecule has 1 atom stereocenters. The van der Waals surface area contributed by atoms with E-state index in [-0.39, 0.29) is 11.9 Å². The summed E-state index contributed by atoms with van der Waals surface area (Å²) in [5.74, 6) is 0.757. The quantitative estimate of drug-likeness (QED) is 0.614. The average molecular weight is 371 g/mol. The number of fused-ring (bicyclic) bond motifs is 4. The Bertz CT molecular complexity index is 817. The highest BCUT2D eigenvalue weighted by molar-refractivity contribution is 5.97. The first-order chi connectivity index (χ1) is 13.0. The van der Waals surface area contributed by atoms with Gasteiger partial charge in [-0.2, -0.15) is 0 Å². The van der Waals surface area contributed by atoms with Crippen LogP contribution in [-0.4, -0.2) is 35.1 Å². The Kier molecular flexibility index (Phi) is 6.08. The van der Waals surface area contributed by atoms with Crippen molar-refractivity contribution in [1.29, 1.82) is 0 Å². The second-order valence-electron chi connectivity index (χ2n) is 6.72. The second-order valence-corrected chi connectivity index (χ2v) is 6.72. The van der Waals surface area contributed by atoms with Crippen LogP contribution in [-0.2, 0) is 16.0 Å². The molecule has 2 aromatic rings. The van der Waals surface area contributed by atoms with E-state index in [1.54, 1.807) is 18.3 Å². The molecular weight excluding hydrogens is 346 g/mol. The Morgan fingerprint density at radius 1 is 1.33 bits per heavy atom. The van der Waals surface area contributed by atoms with Crippen LogP contribution in [0.2, 0.25) is 0 Å². The van der Waals surface area contributed by atoms with E-state index in [1.165, 1.54) is 7.11 Å². The summed E-state index contributed by atoms with van der Waals surface area (Å²) in [4.78, 5) is 31.6. The number of nitrogens with one attached hydrogen (secondary N) is 3. The molecule has 8 heteroatoms. The van der Waals surface area contributed by atoms with Gasteiger partial charge < -0.3 is 20.8 Å². The first-order valence-corrected chi connectivity index (χ1v) is 9.14. The molecule has 27 heavy (non-hydrogen) atoms. The number of aromatic amines is 1. The molecule has 0 saturated heterocycles. The predicted octanol–water partition coefficient (Wildman–Crippen LogP) is 3.03. The number of nitrogens with two attached hydrogens (primary N) is 1. The Morgan fingerprint density at radius 3 is 3.00 bits per heavy atom. The maximum atomic E-state index is 12.4. The van der Waals surface area contributed by atoms with Gasteiger partial charge in [0.2, 0.25) is 5.91 Å². The SMILES string of the molecule is COC(=O)Nc1ccc2c(c1)NC(=O)CCCCCC(N)Cc1nc-2c[nH]1. The molecule has 1 aromatic heterocycles. The number of methoxy groups -OCH3 is 1. The molecule has 1 aliphatic rings. The Hall–Kier alpha value is -2.87. The van der Waals surface area contributed by atoms with Gasteiger partial charge in [0.15, 0.2) is 0 Å².